The molecule has 5 nitrogen and oxygen atoms in total. The molecule has 1 aliphatic heterocycles. The first kappa shape index (κ1) is 17.2. The number of imide groups is 1. The van der Waals surface area contributed by atoms with E-state index in [2.05, 4.69) is 4.98 Å². The number of halogens is 1. The minimum absolute atomic E-state index is 0.394. The number of benzene rings is 1. The molecular formula is C19H17ClN2O3. The summed E-state index contributed by atoms with van der Waals surface area (Å²) in [7, 11) is 0. The molecule has 0 bridgehead atoms. The molecule has 0 N–H and O–H groups in total. The van der Waals surface area contributed by atoms with E-state index in [9.17, 15) is 9.59 Å². The van der Waals surface area contributed by atoms with Crippen molar-refractivity contribution < 1.29 is 14.3 Å². The van der Waals surface area contributed by atoms with Crippen molar-refractivity contribution in [2.75, 3.05) is 4.90 Å². The van der Waals surface area contributed by atoms with Crippen LogP contribution in [0.4, 0.5) is 10.5 Å². The van der Waals surface area contributed by atoms with Crippen LogP contribution < -0.4 is 4.90 Å². The van der Waals surface area contributed by atoms with Gasteiger partial charge in [0.2, 0.25) is 0 Å². The van der Waals surface area contributed by atoms with Crippen LogP contribution in [0.25, 0.3) is 11.6 Å². The Kier molecular flexibility index (Phi) is 4.35. The molecule has 6 heteroatoms. The van der Waals surface area contributed by atoms with Crippen molar-refractivity contribution in [3.63, 3.8) is 0 Å². The fourth-order valence-corrected chi connectivity index (χ4v) is 2.69. The molecule has 0 saturated carbocycles. The number of nitrogens with zero attached hydrogens (tertiary/aromatic N) is 2. The van der Waals surface area contributed by atoms with E-state index in [1.54, 1.807) is 63.5 Å². The van der Waals surface area contributed by atoms with Gasteiger partial charge in [-0.1, -0.05) is 23.7 Å². The minimum atomic E-state index is -0.726. The van der Waals surface area contributed by atoms with Crippen molar-refractivity contribution in [2.45, 2.75) is 26.4 Å². The first-order chi connectivity index (χ1) is 11.8. The highest BCUT2D eigenvalue weighted by molar-refractivity contribution is 6.42. The van der Waals surface area contributed by atoms with Crippen LogP contribution in [0.2, 0.25) is 5.02 Å². The highest BCUT2D eigenvalue weighted by Gasteiger charge is 2.39. The predicted molar refractivity (Wildman–Crippen MR) is 97.3 cm³/mol. The summed E-state index contributed by atoms with van der Waals surface area (Å²) in [6, 6.07) is 8.60. The number of carbonyl (C=O) groups excluding carboxylic acids is 2. The zero-order valence-electron chi connectivity index (χ0n) is 14.1. The standard InChI is InChI=1S/C19H17ClN2O3/c1-19(2,3)25-18(24)22-16-10-13(20)6-7-14(16)15(17(22)23)9-12-5-4-8-21-11-12/h4-11H,1-3H3/b15-9-. The average Bonchev–Trinajstić information content (AvgIpc) is 2.78. The van der Waals surface area contributed by atoms with Crippen molar-refractivity contribution in [1.29, 1.82) is 0 Å². The molecular weight excluding hydrogens is 340 g/mol. The van der Waals surface area contributed by atoms with E-state index in [-0.39, 0.29) is 0 Å². The maximum atomic E-state index is 12.9. The summed E-state index contributed by atoms with van der Waals surface area (Å²) in [5.74, 6) is -0.449. The summed E-state index contributed by atoms with van der Waals surface area (Å²) >= 11 is 6.06. The number of hydrogen-bond acceptors (Lipinski definition) is 4. The summed E-state index contributed by atoms with van der Waals surface area (Å²) in [6.07, 6.45) is 4.27. The highest BCUT2D eigenvalue weighted by atomic mass is 35.5. The molecule has 0 saturated heterocycles. The van der Waals surface area contributed by atoms with Crippen LogP contribution in [-0.4, -0.2) is 22.6 Å². The monoisotopic (exact) mass is 356 g/mol. The smallest absolute Gasteiger partial charge is 0.422 e. The largest absolute Gasteiger partial charge is 0.443 e. The van der Waals surface area contributed by atoms with Crippen molar-refractivity contribution in [3.8, 4) is 0 Å². The molecule has 0 atom stereocenters. The number of amides is 2. The first-order valence-corrected chi connectivity index (χ1v) is 8.13. The Morgan fingerprint density at radius 2 is 2.04 bits per heavy atom. The van der Waals surface area contributed by atoms with Crippen LogP contribution in [0.3, 0.4) is 0 Å². The van der Waals surface area contributed by atoms with Crippen molar-refractivity contribution in [3.05, 3.63) is 58.9 Å². The van der Waals surface area contributed by atoms with E-state index in [0.29, 0.717) is 21.8 Å². The molecule has 0 fully saturated rings. The summed E-state index contributed by atoms with van der Waals surface area (Å²) in [5, 5.41) is 0.433. The predicted octanol–water partition coefficient (Wildman–Crippen LogP) is 4.56. The molecule has 0 spiro atoms. The zero-order valence-corrected chi connectivity index (χ0v) is 14.9. The van der Waals surface area contributed by atoms with Gasteiger partial charge >= 0.3 is 6.09 Å². The minimum Gasteiger partial charge on any atom is -0.443 e. The molecule has 1 aromatic carbocycles. The molecule has 1 aliphatic rings. The molecule has 2 aromatic rings. The second-order valence-corrected chi connectivity index (χ2v) is 7.06. The van der Waals surface area contributed by atoms with Gasteiger partial charge < -0.3 is 4.74 Å². The van der Waals surface area contributed by atoms with E-state index in [4.69, 9.17) is 16.3 Å². The lowest BCUT2D eigenvalue weighted by Crippen LogP contribution is -2.38. The Morgan fingerprint density at radius 3 is 2.68 bits per heavy atom. The van der Waals surface area contributed by atoms with E-state index in [0.717, 1.165) is 10.5 Å². The lowest BCUT2D eigenvalue weighted by Gasteiger charge is -2.23. The number of fused-ring (bicyclic) bond motifs is 1. The second kappa shape index (κ2) is 6.33. The Balaban J connectivity index is 2.08. The molecule has 128 valence electrons. The molecule has 2 heterocycles. The number of pyridine rings is 1. The van der Waals surface area contributed by atoms with Crippen molar-refractivity contribution in [1.82, 2.24) is 4.98 Å². The van der Waals surface area contributed by atoms with Crippen LogP contribution in [0, 0.1) is 0 Å². The van der Waals surface area contributed by atoms with Crippen LogP contribution in [-0.2, 0) is 9.53 Å². The van der Waals surface area contributed by atoms with Crippen molar-refractivity contribution in [2.24, 2.45) is 0 Å². The van der Waals surface area contributed by atoms with Crippen molar-refractivity contribution >= 4 is 40.9 Å². The van der Waals surface area contributed by atoms with Gasteiger partial charge in [-0.25, -0.2) is 9.69 Å². The number of rotatable bonds is 1. The van der Waals surface area contributed by atoms with Crippen LogP contribution in [0.5, 0.6) is 0 Å². The maximum absolute atomic E-state index is 12.9. The summed E-state index contributed by atoms with van der Waals surface area (Å²) in [5.41, 5.74) is 1.49. The summed E-state index contributed by atoms with van der Waals surface area (Å²) < 4.78 is 5.37. The molecule has 1 aromatic heterocycles. The highest BCUT2D eigenvalue weighted by Crippen LogP contribution is 2.40. The van der Waals surface area contributed by atoms with E-state index in [1.807, 2.05) is 6.07 Å². The number of ether oxygens (including phenoxy) is 1. The van der Waals surface area contributed by atoms with Gasteiger partial charge in [-0.3, -0.25) is 9.78 Å². The topological polar surface area (TPSA) is 59.5 Å². The Morgan fingerprint density at radius 1 is 1.28 bits per heavy atom. The van der Waals surface area contributed by atoms with Gasteiger partial charge in [0.25, 0.3) is 5.91 Å². The van der Waals surface area contributed by atoms with Crippen LogP contribution >= 0.6 is 11.6 Å². The molecule has 0 radical (unpaired) electrons. The van der Waals surface area contributed by atoms with Gasteiger partial charge in [-0.15, -0.1) is 0 Å². The summed E-state index contributed by atoms with van der Waals surface area (Å²) in [6.45, 7) is 5.24. The lowest BCUT2D eigenvalue weighted by atomic mass is 10.1. The third kappa shape index (κ3) is 3.56. The average molecular weight is 357 g/mol. The third-order valence-electron chi connectivity index (χ3n) is 3.50. The second-order valence-electron chi connectivity index (χ2n) is 6.63. The Bertz CT molecular complexity index is 870. The third-order valence-corrected chi connectivity index (χ3v) is 3.73. The van der Waals surface area contributed by atoms with Gasteiger partial charge in [0.1, 0.15) is 5.60 Å². The number of aromatic nitrogens is 1. The van der Waals surface area contributed by atoms with Crippen LogP contribution in [0.15, 0.2) is 42.7 Å². The lowest BCUT2D eigenvalue weighted by molar-refractivity contribution is -0.112. The normalized spacial score (nSPS) is 15.4. The Labute approximate surface area is 150 Å². The Hall–Kier alpha value is -2.66. The quantitative estimate of drug-likeness (QED) is 0.703. The van der Waals surface area contributed by atoms with Gasteiger partial charge in [-0.05, 0) is 50.6 Å². The van der Waals surface area contributed by atoms with Crippen LogP contribution in [0.1, 0.15) is 31.9 Å². The fourth-order valence-electron chi connectivity index (χ4n) is 2.52. The SMILES string of the molecule is CC(C)(C)OC(=O)N1C(=O)/C(=C\c2cccnc2)c2ccc(Cl)cc21. The zero-order chi connectivity index (χ0) is 18.2. The van der Waals surface area contributed by atoms with E-state index < -0.39 is 17.6 Å². The maximum Gasteiger partial charge on any atom is 0.422 e. The van der Waals surface area contributed by atoms with Gasteiger partial charge in [-0.2, -0.15) is 0 Å². The molecule has 3 rings (SSSR count). The number of anilines is 1. The first-order valence-electron chi connectivity index (χ1n) is 7.75. The van der Waals surface area contributed by atoms with Gasteiger partial charge in [0, 0.05) is 23.0 Å². The summed E-state index contributed by atoms with van der Waals surface area (Å²) in [4.78, 5) is 30.5. The molecule has 25 heavy (non-hydrogen) atoms. The number of carbonyl (C=O) groups is 2. The van der Waals surface area contributed by atoms with E-state index >= 15 is 0 Å². The van der Waals surface area contributed by atoms with E-state index in [1.165, 1.54) is 0 Å². The molecule has 0 unspecified atom stereocenters. The number of hydrogen-bond donors (Lipinski definition) is 0. The van der Waals surface area contributed by atoms with Gasteiger partial charge in [0.05, 0.1) is 11.3 Å². The van der Waals surface area contributed by atoms with Gasteiger partial charge in [0.15, 0.2) is 0 Å². The molecule has 2 amide bonds. The molecule has 0 aliphatic carbocycles. The fraction of sp³-hybridized carbons (Fsp3) is 0.211.